The van der Waals surface area contributed by atoms with E-state index in [2.05, 4.69) is 73.6 Å². The van der Waals surface area contributed by atoms with Gasteiger partial charge in [0.05, 0.1) is 18.2 Å². The minimum Gasteiger partial charge on any atom is -0.371 e. The van der Waals surface area contributed by atoms with Crippen LogP contribution in [0, 0.1) is 23.7 Å². The van der Waals surface area contributed by atoms with E-state index in [1.807, 2.05) is 6.92 Å². The third kappa shape index (κ3) is 8.72. The normalized spacial score (nSPS) is 37.3. The van der Waals surface area contributed by atoms with E-state index in [-0.39, 0.29) is 42.2 Å². The Balaban J connectivity index is 1.67. The number of carbonyl (C=O) groups excluding carboxylic acids is 1. The minimum atomic E-state index is -0.262. The van der Waals surface area contributed by atoms with Gasteiger partial charge in [-0.2, -0.15) is 0 Å². The molecule has 0 aromatic carbocycles. The maximum atomic E-state index is 13.9. The van der Waals surface area contributed by atoms with Gasteiger partial charge in [-0.25, -0.2) is 4.58 Å². The molecule has 3 aliphatic heterocycles. The van der Waals surface area contributed by atoms with E-state index in [1.165, 1.54) is 6.42 Å². The predicted octanol–water partition coefficient (Wildman–Crippen LogP) is 1.67. The van der Waals surface area contributed by atoms with Gasteiger partial charge in [-0.3, -0.25) is 4.79 Å². The second-order valence-corrected chi connectivity index (χ2v) is 12.7. The molecule has 0 aromatic heterocycles. The molecule has 0 saturated carbocycles. The van der Waals surface area contributed by atoms with E-state index in [0.29, 0.717) is 23.8 Å². The minimum absolute atomic E-state index is 0.0296. The van der Waals surface area contributed by atoms with Crippen molar-refractivity contribution < 1.29 is 14.1 Å². The summed E-state index contributed by atoms with van der Waals surface area (Å²) in [4.78, 5) is 16.1. The number of hydrogen-bond acceptors (Lipinski definition) is 6. The highest BCUT2D eigenvalue weighted by Crippen LogP contribution is 2.31. The molecule has 1 amide bonds. The van der Waals surface area contributed by atoms with Crippen LogP contribution < -0.4 is 21.7 Å². The van der Waals surface area contributed by atoms with Gasteiger partial charge in [0.1, 0.15) is 19.2 Å². The molecule has 8 nitrogen and oxygen atoms in total. The molecule has 37 heavy (non-hydrogen) atoms. The number of rotatable bonds is 9. The van der Waals surface area contributed by atoms with Gasteiger partial charge >= 0.3 is 0 Å². The number of ether oxygens (including phenoxy) is 1. The Morgan fingerprint density at radius 3 is 2.59 bits per heavy atom. The van der Waals surface area contributed by atoms with Crippen molar-refractivity contribution >= 4 is 12.1 Å². The van der Waals surface area contributed by atoms with Gasteiger partial charge in [0.15, 0.2) is 6.04 Å². The fraction of sp³-hybridized carbons (Fsp3) is 0.931. The lowest BCUT2D eigenvalue weighted by molar-refractivity contribution is -0.546. The number of nitrogens with zero attached hydrogens (tertiary/aromatic N) is 2. The molecule has 3 heterocycles. The molecule has 0 aromatic rings. The Morgan fingerprint density at radius 2 is 1.97 bits per heavy atom. The number of likely N-dealkylation sites (N-methyl/N-ethyl adjacent to an activating group) is 1. The molecular formula is C29H57N6O2+. The van der Waals surface area contributed by atoms with Crippen LogP contribution in [0.2, 0.25) is 0 Å². The Morgan fingerprint density at radius 1 is 1.22 bits per heavy atom. The average Bonchev–Trinajstić information content (AvgIpc) is 2.84. The molecule has 3 aliphatic rings. The number of hydrogen-bond donors (Lipinski definition) is 4. The van der Waals surface area contributed by atoms with Crippen molar-refractivity contribution in [1.82, 2.24) is 20.9 Å². The van der Waals surface area contributed by atoms with E-state index in [0.717, 1.165) is 58.3 Å². The summed E-state index contributed by atoms with van der Waals surface area (Å²) in [5.74, 6) is 1.55. The van der Waals surface area contributed by atoms with Gasteiger partial charge < -0.3 is 31.3 Å². The quantitative estimate of drug-likeness (QED) is 0.345. The van der Waals surface area contributed by atoms with Crippen molar-refractivity contribution in [3.63, 3.8) is 0 Å². The van der Waals surface area contributed by atoms with E-state index in [1.54, 1.807) is 0 Å². The first-order valence-corrected chi connectivity index (χ1v) is 15.0. The molecule has 0 radical (unpaired) electrons. The van der Waals surface area contributed by atoms with Gasteiger partial charge in [-0.15, -0.1) is 0 Å². The summed E-state index contributed by atoms with van der Waals surface area (Å²) in [6.07, 6.45) is 9.01. The number of amides is 1. The lowest BCUT2D eigenvalue weighted by Crippen LogP contribution is -2.60. The van der Waals surface area contributed by atoms with Crippen LogP contribution in [0.5, 0.6) is 0 Å². The summed E-state index contributed by atoms with van der Waals surface area (Å²) >= 11 is 0. The summed E-state index contributed by atoms with van der Waals surface area (Å²) < 4.78 is 8.93. The van der Waals surface area contributed by atoms with Crippen molar-refractivity contribution in [3.05, 3.63) is 0 Å². The highest BCUT2D eigenvalue weighted by atomic mass is 16.5. The Kier molecular flexibility index (Phi) is 11.8. The second-order valence-electron chi connectivity index (χ2n) is 12.7. The molecule has 2 saturated heterocycles. The molecule has 3 rings (SSSR count). The molecule has 5 N–H and O–H groups in total. The standard InChI is InChI=1S/C29H56N6O2/c1-8-22-13-19(2)20(3)17-35(7)26(14-22)28(21(4)30)29(36)33-25-16-31-12-11-27(25)37-24-10-9-23(32-15-24)18-34(5)6/h17,19-28,31-32H,8-16,18,30H2,1-7H3/p+1. The highest BCUT2D eigenvalue weighted by molar-refractivity contribution is 5.80. The molecule has 10 atom stereocenters. The molecule has 214 valence electrons. The zero-order valence-corrected chi connectivity index (χ0v) is 24.7. The SMILES string of the molecule is CCC1CC(C)C(C)C=[N+](C)C(C(C(=O)NC2CNCCC2OC2CCC(CN(C)C)NC2)C(C)N)C1. The molecule has 0 spiro atoms. The smallest absolute Gasteiger partial charge is 0.231 e. The molecular weight excluding hydrogens is 464 g/mol. The summed E-state index contributed by atoms with van der Waals surface area (Å²) in [7, 11) is 6.39. The van der Waals surface area contributed by atoms with Crippen LogP contribution in [0.1, 0.15) is 66.2 Å². The summed E-state index contributed by atoms with van der Waals surface area (Å²) in [5.41, 5.74) is 6.55. The Labute approximate surface area is 226 Å². The highest BCUT2D eigenvalue weighted by Gasteiger charge is 2.42. The van der Waals surface area contributed by atoms with Crippen molar-refractivity contribution in [2.75, 3.05) is 47.3 Å². The largest absolute Gasteiger partial charge is 0.371 e. The molecule has 0 bridgehead atoms. The first-order chi connectivity index (χ1) is 17.6. The Hall–Kier alpha value is -1.06. The summed E-state index contributed by atoms with van der Waals surface area (Å²) in [6.45, 7) is 12.5. The predicted molar refractivity (Wildman–Crippen MR) is 152 cm³/mol. The van der Waals surface area contributed by atoms with Crippen LogP contribution in [0.4, 0.5) is 0 Å². The Bertz CT molecular complexity index is 736. The van der Waals surface area contributed by atoms with Crippen molar-refractivity contribution in [2.24, 2.45) is 29.4 Å². The van der Waals surface area contributed by atoms with Crippen LogP contribution in [0.3, 0.4) is 0 Å². The van der Waals surface area contributed by atoms with E-state index < -0.39 is 0 Å². The fourth-order valence-corrected chi connectivity index (χ4v) is 6.74. The zero-order chi connectivity index (χ0) is 27.1. The molecule has 0 aliphatic carbocycles. The first kappa shape index (κ1) is 30.5. The fourth-order valence-electron chi connectivity index (χ4n) is 6.74. The van der Waals surface area contributed by atoms with E-state index in [9.17, 15) is 4.79 Å². The monoisotopic (exact) mass is 521 g/mol. The summed E-state index contributed by atoms with van der Waals surface area (Å²) in [5, 5.41) is 10.5. The van der Waals surface area contributed by atoms with Crippen LogP contribution in [-0.4, -0.2) is 105 Å². The van der Waals surface area contributed by atoms with E-state index >= 15 is 0 Å². The number of nitrogens with one attached hydrogen (secondary N) is 3. The van der Waals surface area contributed by atoms with Gasteiger partial charge in [0.2, 0.25) is 5.91 Å². The second kappa shape index (κ2) is 14.4. The van der Waals surface area contributed by atoms with Crippen molar-refractivity contribution in [3.8, 4) is 0 Å². The average molecular weight is 522 g/mol. The molecule has 10 unspecified atom stereocenters. The van der Waals surface area contributed by atoms with E-state index in [4.69, 9.17) is 10.5 Å². The van der Waals surface area contributed by atoms with Gasteiger partial charge in [0, 0.05) is 44.1 Å². The maximum Gasteiger partial charge on any atom is 0.231 e. The van der Waals surface area contributed by atoms with Crippen LogP contribution in [-0.2, 0) is 9.53 Å². The third-order valence-electron chi connectivity index (χ3n) is 9.20. The van der Waals surface area contributed by atoms with Crippen LogP contribution in [0.15, 0.2) is 0 Å². The van der Waals surface area contributed by atoms with Gasteiger partial charge in [-0.1, -0.05) is 27.2 Å². The van der Waals surface area contributed by atoms with Crippen molar-refractivity contribution in [1.29, 1.82) is 0 Å². The molecule has 8 heteroatoms. The first-order valence-electron chi connectivity index (χ1n) is 15.0. The molecule has 2 fully saturated rings. The topological polar surface area (TPSA) is 94.7 Å². The lowest BCUT2D eigenvalue weighted by atomic mass is 9.77. The number of nitrogens with two attached hydrogens (primary N) is 1. The lowest BCUT2D eigenvalue weighted by Gasteiger charge is -2.39. The number of carbonyl (C=O) groups is 1. The van der Waals surface area contributed by atoms with Gasteiger partial charge in [-0.05, 0) is 65.1 Å². The summed E-state index contributed by atoms with van der Waals surface area (Å²) in [6, 6.07) is 0.371. The van der Waals surface area contributed by atoms with Crippen molar-refractivity contribution in [2.45, 2.75) is 103 Å². The maximum absolute atomic E-state index is 13.9. The van der Waals surface area contributed by atoms with Crippen LogP contribution >= 0.6 is 0 Å². The van der Waals surface area contributed by atoms with Crippen LogP contribution in [0.25, 0.3) is 0 Å². The van der Waals surface area contributed by atoms with Gasteiger partial charge in [0.25, 0.3) is 0 Å². The number of piperidine rings is 2. The zero-order valence-electron chi connectivity index (χ0n) is 24.7. The third-order valence-corrected chi connectivity index (χ3v) is 9.20.